The Hall–Kier alpha value is -5.63. The van der Waals surface area contributed by atoms with Crippen LogP contribution in [-0.2, 0) is 16.1 Å². The molecule has 6 aliphatic rings. The lowest BCUT2D eigenvalue weighted by Crippen LogP contribution is -2.48. The SMILES string of the molecule is CCC1c2c(cnn2C2CN(Cc3cccc(C(=O)N4CC=C5C[C@@H]54)n3)C2)-c2cccc(NC(/C=C(\N)NC(=O)C3CC3)=C(/N)C(=O)NC3CC3)c2N1C. The van der Waals surface area contributed by atoms with Crippen LogP contribution in [0.3, 0.4) is 0 Å². The van der Waals surface area contributed by atoms with Gasteiger partial charge in [-0.25, -0.2) is 4.98 Å². The van der Waals surface area contributed by atoms with E-state index < -0.39 is 0 Å². The number of benzene rings is 1. The van der Waals surface area contributed by atoms with Crippen LogP contribution in [-0.4, -0.2) is 81.1 Å². The first-order valence-corrected chi connectivity index (χ1v) is 19.1. The Balaban J connectivity index is 0.944. The van der Waals surface area contributed by atoms with Crippen molar-refractivity contribution in [1.82, 2.24) is 35.2 Å². The zero-order valence-electron chi connectivity index (χ0n) is 30.7. The van der Waals surface area contributed by atoms with E-state index in [2.05, 4.69) is 56.5 Å². The highest BCUT2D eigenvalue weighted by Crippen LogP contribution is 2.49. The molecule has 0 bridgehead atoms. The molecule has 54 heavy (non-hydrogen) atoms. The van der Waals surface area contributed by atoms with Gasteiger partial charge in [-0.2, -0.15) is 5.10 Å². The van der Waals surface area contributed by atoms with Gasteiger partial charge in [-0.1, -0.05) is 31.2 Å². The molecule has 280 valence electrons. The molecule has 3 saturated carbocycles. The van der Waals surface area contributed by atoms with Crippen molar-refractivity contribution >= 4 is 29.1 Å². The van der Waals surface area contributed by atoms with Crippen LogP contribution in [0.25, 0.3) is 11.1 Å². The molecule has 9 rings (SSSR count). The van der Waals surface area contributed by atoms with Crippen molar-refractivity contribution < 1.29 is 14.4 Å². The van der Waals surface area contributed by atoms with Gasteiger partial charge >= 0.3 is 0 Å². The van der Waals surface area contributed by atoms with E-state index in [4.69, 9.17) is 21.5 Å². The highest BCUT2D eigenvalue weighted by Gasteiger charge is 2.43. The first-order chi connectivity index (χ1) is 26.2. The fourth-order valence-corrected chi connectivity index (χ4v) is 8.12. The molecule has 0 spiro atoms. The number of nitrogens with two attached hydrogens (primary N) is 2. The van der Waals surface area contributed by atoms with Gasteiger partial charge in [-0.15, -0.1) is 0 Å². The van der Waals surface area contributed by atoms with Gasteiger partial charge < -0.3 is 37.2 Å². The van der Waals surface area contributed by atoms with E-state index in [1.54, 1.807) is 0 Å². The van der Waals surface area contributed by atoms with E-state index in [-0.39, 0.29) is 59.3 Å². The molecule has 2 aromatic heterocycles. The number of para-hydroxylation sites is 1. The van der Waals surface area contributed by atoms with E-state index in [1.165, 1.54) is 17.3 Å². The normalized spacial score (nSPS) is 22.3. The monoisotopic (exact) mass is 729 g/mol. The number of hydrogen-bond donors (Lipinski definition) is 5. The number of nitrogens with zero attached hydrogens (tertiary/aromatic N) is 6. The number of hydrogen-bond acceptors (Lipinski definition) is 10. The van der Waals surface area contributed by atoms with E-state index >= 15 is 0 Å². The van der Waals surface area contributed by atoms with E-state index in [0.29, 0.717) is 24.5 Å². The van der Waals surface area contributed by atoms with E-state index in [9.17, 15) is 14.4 Å². The third kappa shape index (κ3) is 6.37. The summed E-state index contributed by atoms with van der Waals surface area (Å²) in [4.78, 5) is 50.1. The Kier molecular flexibility index (Phi) is 8.44. The minimum Gasteiger partial charge on any atom is -0.393 e. The lowest BCUT2D eigenvalue weighted by molar-refractivity contribution is -0.121. The number of carbonyl (C=O) groups excluding carboxylic acids is 3. The number of aromatic nitrogens is 3. The second-order valence-corrected chi connectivity index (χ2v) is 15.5. The highest BCUT2D eigenvalue weighted by molar-refractivity contribution is 5.97. The molecule has 14 heteroatoms. The molecular weight excluding hydrogens is 683 g/mol. The molecule has 14 nitrogen and oxygen atoms in total. The standard InChI is InChI=1S/C40H47N11O3/c1-3-32-37-28(18-43-51(37)26-20-49(21-26)19-25-6-4-9-30(44-25)40(54)50-15-14-23-16-33(23)50)27-7-5-8-29(36(27)48(32)2)46-31(35(42)39(53)45-24-12-13-24)17-34(41)47-38(52)22-10-11-22/h4-9,14,17-18,22,24,26,32-33,46H,3,10-13,15-16,19-21,41-42H2,1-2H3,(H,45,53)(H,47,52)/b34-17+,35-31+/t32?,33-/m0/s1. The van der Waals surface area contributed by atoms with Crippen LogP contribution in [0.1, 0.15) is 79.4 Å². The summed E-state index contributed by atoms with van der Waals surface area (Å²) in [5, 5.41) is 14.1. The number of likely N-dealkylation sites (tertiary alicyclic amines) is 1. The molecule has 1 saturated heterocycles. The second-order valence-electron chi connectivity index (χ2n) is 15.5. The fraction of sp³-hybridized carbons (Fsp3) is 0.425. The van der Waals surface area contributed by atoms with Crippen molar-refractivity contribution in [3.63, 3.8) is 0 Å². The average molecular weight is 730 g/mol. The molecule has 4 fully saturated rings. The first-order valence-electron chi connectivity index (χ1n) is 19.1. The van der Waals surface area contributed by atoms with Crippen molar-refractivity contribution in [3.8, 4) is 11.1 Å². The summed E-state index contributed by atoms with van der Waals surface area (Å²) in [6.07, 6.45) is 11.0. The van der Waals surface area contributed by atoms with Gasteiger partial charge in [-0.05, 0) is 62.3 Å². The topological polar surface area (TPSA) is 180 Å². The highest BCUT2D eigenvalue weighted by atomic mass is 16.2. The summed E-state index contributed by atoms with van der Waals surface area (Å²) in [6.45, 7) is 5.18. The third-order valence-electron chi connectivity index (χ3n) is 11.5. The number of allylic oxidation sites excluding steroid dienone is 1. The molecule has 3 amide bonds. The summed E-state index contributed by atoms with van der Waals surface area (Å²) in [5.74, 6) is -0.408. The Bertz CT molecular complexity index is 2140. The van der Waals surface area contributed by atoms with Gasteiger partial charge in [0.2, 0.25) is 5.91 Å². The van der Waals surface area contributed by atoms with Crippen LogP contribution in [0, 0.1) is 5.92 Å². The summed E-state index contributed by atoms with van der Waals surface area (Å²) in [7, 11) is 2.08. The number of amides is 3. The lowest BCUT2D eigenvalue weighted by Gasteiger charge is -2.43. The molecule has 2 atom stereocenters. The predicted molar refractivity (Wildman–Crippen MR) is 204 cm³/mol. The van der Waals surface area contributed by atoms with Gasteiger partial charge in [0.15, 0.2) is 0 Å². The molecule has 1 unspecified atom stereocenters. The molecule has 3 aliphatic heterocycles. The van der Waals surface area contributed by atoms with Gasteiger partial charge in [-0.3, -0.25) is 24.0 Å². The Morgan fingerprint density at radius 3 is 2.52 bits per heavy atom. The Morgan fingerprint density at radius 1 is 1.02 bits per heavy atom. The van der Waals surface area contributed by atoms with E-state index in [0.717, 1.165) is 79.8 Å². The number of anilines is 2. The number of fused-ring (bicyclic) bond motifs is 4. The van der Waals surface area contributed by atoms with Crippen molar-refractivity contribution in [2.24, 2.45) is 17.4 Å². The molecule has 5 heterocycles. The molecule has 7 N–H and O–H groups in total. The average Bonchev–Trinajstić information content (AvgIpc) is 4.09. The summed E-state index contributed by atoms with van der Waals surface area (Å²) in [5.41, 5.74) is 20.8. The second kappa shape index (κ2) is 13.3. The zero-order valence-corrected chi connectivity index (χ0v) is 30.7. The largest absolute Gasteiger partial charge is 0.393 e. The summed E-state index contributed by atoms with van der Waals surface area (Å²) in [6, 6.07) is 12.4. The fourth-order valence-electron chi connectivity index (χ4n) is 8.12. The smallest absolute Gasteiger partial charge is 0.273 e. The van der Waals surface area contributed by atoms with Gasteiger partial charge in [0.05, 0.1) is 52.8 Å². The molecule has 0 radical (unpaired) electrons. The van der Waals surface area contributed by atoms with Gasteiger partial charge in [0, 0.05) is 62.4 Å². The van der Waals surface area contributed by atoms with Gasteiger partial charge in [0.25, 0.3) is 11.8 Å². The number of pyridine rings is 1. The maximum Gasteiger partial charge on any atom is 0.273 e. The lowest BCUT2D eigenvalue weighted by atomic mass is 9.91. The van der Waals surface area contributed by atoms with Crippen molar-refractivity contribution in [2.45, 2.75) is 76.2 Å². The first kappa shape index (κ1) is 34.2. The predicted octanol–water partition coefficient (Wildman–Crippen LogP) is 3.24. The number of rotatable bonds is 12. The van der Waals surface area contributed by atoms with Crippen LogP contribution in [0.5, 0.6) is 0 Å². The van der Waals surface area contributed by atoms with Crippen molar-refractivity contribution in [2.75, 3.05) is 36.9 Å². The van der Waals surface area contributed by atoms with Crippen LogP contribution in [0.2, 0.25) is 0 Å². The Labute approximate surface area is 314 Å². The van der Waals surface area contributed by atoms with Gasteiger partial charge in [0.1, 0.15) is 17.2 Å². The molecule has 1 aromatic carbocycles. The summed E-state index contributed by atoms with van der Waals surface area (Å²) >= 11 is 0. The van der Waals surface area contributed by atoms with Crippen LogP contribution < -0.4 is 32.3 Å². The van der Waals surface area contributed by atoms with E-state index in [1.807, 2.05) is 41.4 Å². The number of carbonyl (C=O) groups is 3. The number of nitrogens with one attached hydrogen (secondary N) is 3. The van der Waals surface area contributed by atoms with Crippen LogP contribution in [0.15, 0.2) is 77.5 Å². The summed E-state index contributed by atoms with van der Waals surface area (Å²) < 4.78 is 2.19. The minimum atomic E-state index is -0.381. The van der Waals surface area contributed by atoms with Crippen LogP contribution >= 0.6 is 0 Å². The maximum absolute atomic E-state index is 13.2. The van der Waals surface area contributed by atoms with Crippen molar-refractivity contribution in [1.29, 1.82) is 0 Å². The minimum absolute atomic E-state index is 0.00839. The Morgan fingerprint density at radius 2 is 1.81 bits per heavy atom. The molecular formula is C40H47N11O3. The molecule has 3 aromatic rings. The quantitative estimate of drug-likeness (QED) is 0.106. The third-order valence-corrected chi connectivity index (χ3v) is 11.5. The van der Waals surface area contributed by atoms with Crippen LogP contribution in [0.4, 0.5) is 11.4 Å². The molecule has 3 aliphatic carbocycles. The maximum atomic E-state index is 13.2. The zero-order chi connectivity index (χ0) is 37.2. The van der Waals surface area contributed by atoms with Crippen molar-refractivity contribution in [3.05, 3.63) is 94.6 Å².